The number of esters is 1. The average Bonchev–Trinajstić information content (AvgIpc) is 2.67. The molecule has 0 aliphatic rings. The van der Waals surface area contributed by atoms with E-state index in [1.54, 1.807) is 39.0 Å². The van der Waals surface area contributed by atoms with E-state index >= 15 is 0 Å². The number of carbonyl (C=O) groups is 2. The molecule has 32 heavy (non-hydrogen) atoms. The van der Waals surface area contributed by atoms with Crippen LogP contribution in [0.2, 0.25) is 0 Å². The SMILES string of the molecule is COC(=O)c1c(C(F)F)nc(C(F)(F)F)c(C(=O)Sc2ccc(C)cc2C)c1CC(C)C. The Bertz CT molecular complexity index is 1040. The Balaban J connectivity index is 2.87. The van der Waals surface area contributed by atoms with E-state index in [9.17, 15) is 31.5 Å². The van der Waals surface area contributed by atoms with Gasteiger partial charge in [0.25, 0.3) is 6.43 Å². The first-order valence-corrected chi connectivity index (χ1v) is 10.4. The summed E-state index contributed by atoms with van der Waals surface area (Å²) in [6, 6.07) is 5.04. The number of hydrogen-bond acceptors (Lipinski definition) is 5. The van der Waals surface area contributed by atoms with Crippen LogP contribution in [0.4, 0.5) is 22.0 Å². The molecule has 0 aliphatic heterocycles. The molecular formula is C22H22F5NO3S. The Morgan fingerprint density at radius 2 is 1.75 bits per heavy atom. The predicted molar refractivity (Wildman–Crippen MR) is 110 cm³/mol. The zero-order valence-corrected chi connectivity index (χ0v) is 18.9. The first-order chi connectivity index (χ1) is 14.8. The molecule has 4 nitrogen and oxygen atoms in total. The number of halogens is 5. The Morgan fingerprint density at radius 1 is 1.12 bits per heavy atom. The molecule has 0 aliphatic carbocycles. The van der Waals surface area contributed by atoms with Crippen LogP contribution in [0.25, 0.3) is 0 Å². The topological polar surface area (TPSA) is 56.3 Å². The van der Waals surface area contributed by atoms with E-state index in [1.165, 1.54) is 0 Å². The average molecular weight is 475 g/mol. The van der Waals surface area contributed by atoms with Gasteiger partial charge in [-0.15, -0.1) is 0 Å². The molecule has 0 unspecified atom stereocenters. The Labute approximate surface area is 186 Å². The van der Waals surface area contributed by atoms with Crippen LogP contribution in [0, 0.1) is 19.8 Å². The van der Waals surface area contributed by atoms with Gasteiger partial charge in [-0.1, -0.05) is 31.5 Å². The summed E-state index contributed by atoms with van der Waals surface area (Å²) in [5.41, 5.74) is -3.67. The quantitative estimate of drug-likeness (QED) is 0.269. The summed E-state index contributed by atoms with van der Waals surface area (Å²) in [5.74, 6) is -1.63. The van der Waals surface area contributed by atoms with Gasteiger partial charge in [-0.2, -0.15) is 13.2 Å². The summed E-state index contributed by atoms with van der Waals surface area (Å²) >= 11 is 0.527. The van der Waals surface area contributed by atoms with E-state index in [0.717, 1.165) is 12.7 Å². The summed E-state index contributed by atoms with van der Waals surface area (Å²) in [6.45, 7) is 6.77. The van der Waals surface area contributed by atoms with Crippen LogP contribution in [-0.2, 0) is 17.3 Å². The zero-order chi connectivity index (χ0) is 24.4. The standard InChI is InChI=1S/C22H22F5NO3S/c1-10(2)8-13-15(20(29)31-5)17(19(23)24)28-18(22(25,26)27)16(13)21(30)32-14-7-6-11(3)9-12(14)4/h6-7,9-10,19H,8H2,1-5H3. The highest BCUT2D eigenvalue weighted by Crippen LogP contribution is 2.40. The number of benzene rings is 1. The van der Waals surface area contributed by atoms with E-state index < -0.39 is 51.8 Å². The molecule has 0 spiro atoms. The van der Waals surface area contributed by atoms with E-state index in [-0.39, 0.29) is 12.3 Å². The van der Waals surface area contributed by atoms with Gasteiger partial charge in [-0.3, -0.25) is 4.79 Å². The molecule has 0 N–H and O–H groups in total. The molecule has 2 rings (SSSR count). The maximum Gasteiger partial charge on any atom is 0.434 e. The number of ether oxygens (including phenoxy) is 1. The second-order valence-electron chi connectivity index (χ2n) is 7.62. The molecule has 174 valence electrons. The van der Waals surface area contributed by atoms with E-state index in [0.29, 0.717) is 22.2 Å². The van der Waals surface area contributed by atoms with Crippen molar-refractivity contribution in [1.82, 2.24) is 4.98 Å². The number of methoxy groups -OCH3 is 1. The number of rotatable bonds is 6. The van der Waals surface area contributed by atoms with Gasteiger partial charge in [-0.05, 0) is 55.1 Å². The first-order valence-electron chi connectivity index (χ1n) is 9.57. The number of carbonyl (C=O) groups excluding carboxylic acids is 2. The second kappa shape index (κ2) is 9.97. The second-order valence-corrected chi connectivity index (χ2v) is 8.64. The van der Waals surface area contributed by atoms with Crippen molar-refractivity contribution < 1.29 is 36.3 Å². The number of alkyl halides is 5. The number of aromatic nitrogens is 1. The molecule has 0 bridgehead atoms. The van der Waals surface area contributed by atoms with E-state index in [1.807, 2.05) is 6.92 Å². The summed E-state index contributed by atoms with van der Waals surface area (Å²) < 4.78 is 73.5. The van der Waals surface area contributed by atoms with Crippen LogP contribution < -0.4 is 0 Å². The van der Waals surface area contributed by atoms with Crippen LogP contribution in [0.1, 0.15) is 69.1 Å². The van der Waals surface area contributed by atoms with Crippen molar-refractivity contribution in [2.45, 2.75) is 51.6 Å². The van der Waals surface area contributed by atoms with Crippen LogP contribution in [0.15, 0.2) is 23.1 Å². The lowest BCUT2D eigenvalue weighted by molar-refractivity contribution is -0.141. The fraction of sp³-hybridized carbons (Fsp3) is 0.409. The normalized spacial score (nSPS) is 11.9. The van der Waals surface area contributed by atoms with Gasteiger partial charge in [0.2, 0.25) is 5.12 Å². The molecule has 0 saturated carbocycles. The van der Waals surface area contributed by atoms with E-state index in [4.69, 9.17) is 0 Å². The fourth-order valence-electron chi connectivity index (χ4n) is 3.24. The van der Waals surface area contributed by atoms with Crippen molar-refractivity contribution in [3.8, 4) is 0 Å². The van der Waals surface area contributed by atoms with Crippen molar-refractivity contribution in [3.05, 3.63) is 57.4 Å². The maximum absolute atomic E-state index is 13.9. The number of pyridine rings is 1. The minimum absolute atomic E-state index is 0.232. The molecular weight excluding hydrogens is 453 g/mol. The van der Waals surface area contributed by atoms with E-state index in [2.05, 4.69) is 9.72 Å². The smallest absolute Gasteiger partial charge is 0.434 e. The Hall–Kier alpha value is -2.49. The van der Waals surface area contributed by atoms with Gasteiger partial charge in [0, 0.05) is 4.90 Å². The van der Waals surface area contributed by atoms with Crippen molar-refractivity contribution >= 4 is 22.8 Å². The molecule has 0 amide bonds. The summed E-state index contributed by atoms with van der Waals surface area (Å²) in [7, 11) is 0.917. The molecule has 0 radical (unpaired) electrons. The summed E-state index contributed by atoms with van der Waals surface area (Å²) in [6.07, 6.45) is -8.91. The van der Waals surface area contributed by atoms with Crippen molar-refractivity contribution in [1.29, 1.82) is 0 Å². The van der Waals surface area contributed by atoms with Gasteiger partial charge in [0.05, 0.1) is 18.2 Å². The van der Waals surface area contributed by atoms with Crippen LogP contribution in [0.5, 0.6) is 0 Å². The Morgan fingerprint density at radius 3 is 2.22 bits per heavy atom. The summed E-state index contributed by atoms with van der Waals surface area (Å²) in [5, 5.41) is -1.04. The summed E-state index contributed by atoms with van der Waals surface area (Å²) in [4.78, 5) is 29.0. The predicted octanol–water partition coefficient (Wildman–Crippen LogP) is 6.57. The third-order valence-corrected chi connectivity index (χ3v) is 5.61. The Kier molecular flexibility index (Phi) is 8.03. The molecule has 1 aromatic carbocycles. The zero-order valence-electron chi connectivity index (χ0n) is 18.1. The van der Waals surface area contributed by atoms with Gasteiger partial charge in [0.1, 0.15) is 5.69 Å². The minimum atomic E-state index is -5.20. The highest BCUT2D eigenvalue weighted by molar-refractivity contribution is 8.14. The van der Waals surface area contributed by atoms with Gasteiger partial charge in [-0.25, -0.2) is 18.6 Å². The largest absolute Gasteiger partial charge is 0.465 e. The first kappa shape index (κ1) is 25.8. The van der Waals surface area contributed by atoms with Crippen molar-refractivity contribution in [2.75, 3.05) is 7.11 Å². The third-order valence-electron chi connectivity index (χ3n) is 4.54. The van der Waals surface area contributed by atoms with Gasteiger partial charge < -0.3 is 4.74 Å². The van der Waals surface area contributed by atoms with Crippen LogP contribution >= 0.6 is 11.8 Å². The fourth-order valence-corrected chi connectivity index (χ4v) is 4.12. The number of hydrogen-bond donors (Lipinski definition) is 0. The van der Waals surface area contributed by atoms with Crippen molar-refractivity contribution in [2.24, 2.45) is 5.92 Å². The van der Waals surface area contributed by atoms with Crippen LogP contribution in [-0.4, -0.2) is 23.2 Å². The molecule has 0 atom stereocenters. The minimum Gasteiger partial charge on any atom is -0.465 e. The monoisotopic (exact) mass is 475 g/mol. The van der Waals surface area contributed by atoms with Gasteiger partial charge in [0.15, 0.2) is 5.69 Å². The van der Waals surface area contributed by atoms with Crippen LogP contribution in [0.3, 0.4) is 0 Å². The third kappa shape index (κ3) is 5.65. The number of nitrogens with zero attached hydrogens (tertiary/aromatic N) is 1. The molecule has 10 heteroatoms. The van der Waals surface area contributed by atoms with Gasteiger partial charge >= 0.3 is 12.1 Å². The molecule has 0 saturated heterocycles. The van der Waals surface area contributed by atoms with Crippen molar-refractivity contribution in [3.63, 3.8) is 0 Å². The molecule has 0 fully saturated rings. The highest BCUT2D eigenvalue weighted by atomic mass is 32.2. The number of thioether (sulfide) groups is 1. The molecule has 1 heterocycles. The lowest BCUT2D eigenvalue weighted by Crippen LogP contribution is -2.24. The maximum atomic E-state index is 13.9. The lowest BCUT2D eigenvalue weighted by Gasteiger charge is -2.21. The highest BCUT2D eigenvalue weighted by Gasteiger charge is 2.42. The molecule has 2 aromatic rings. The molecule has 1 aromatic heterocycles. The number of aryl methyl sites for hydroxylation is 2. The lowest BCUT2D eigenvalue weighted by atomic mass is 9.91.